The maximum absolute atomic E-state index is 12.3. The maximum atomic E-state index is 12.3. The van der Waals surface area contributed by atoms with Gasteiger partial charge < -0.3 is 19.5 Å². The normalized spacial score (nSPS) is 17.0. The van der Waals surface area contributed by atoms with Crippen molar-refractivity contribution >= 4 is 29.2 Å². The van der Waals surface area contributed by atoms with Crippen LogP contribution >= 0.6 is 11.6 Å². The Labute approximate surface area is 168 Å². The number of ether oxygens (including phenoxy) is 3. The fourth-order valence-corrected chi connectivity index (χ4v) is 2.81. The van der Waals surface area contributed by atoms with Gasteiger partial charge >= 0.3 is 5.97 Å². The highest BCUT2D eigenvalue weighted by Gasteiger charge is 2.20. The molecule has 2 aromatic rings. The van der Waals surface area contributed by atoms with Crippen LogP contribution in [0.3, 0.4) is 0 Å². The van der Waals surface area contributed by atoms with E-state index in [0.717, 1.165) is 19.4 Å². The first-order valence-corrected chi connectivity index (χ1v) is 9.37. The summed E-state index contributed by atoms with van der Waals surface area (Å²) >= 11 is 5.90. The Hall–Kier alpha value is -2.64. The van der Waals surface area contributed by atoms with Gasteiger partial charge in [-0.2, -0.15) is 0 Å². The molecule has 1 aliphatic heterocycles. The average Bonchev–Trinajstić information content (AvgIpc) is 3.22. The highest BCUT2D eigenvalue weighted by molar-refractivity contribution is 6.32. The molecule has 1 amide bonds. The number of anilines is 1. The molecule has 7 nitrogen and oxygen atoms in total. The summed E-state index contributed by atoms with van der Waals surface area (Å²) in [6, 6.07) is 9.81. The predicted octanol–water partition coefficient (Wildman–Crippen LogP) is 3.48. The summed E-state index contributed by atoms with van der Waals surface area (Å²) < 4.78 is 16.4. The van der Waals surface area contributed by atoms with Crippen molar-refractivity contribution in [3.05, 3.63) is 53.3 Å². The molecule has 0 radical (unpaired) electrons. The SMILES string of the molecule is C[C@H](OC(=O)c1ccc(OC[C@H]2CCCO2)cc1)C(=O)Nc1cccnc1Cl. The van der Waals surface area contributed by atoms with Crippen LogP contribution in [0, 0.1) is 0 Å². The second-order valence-corrected chi connectivity index (χ2v) is 6.71. The Balaban J connectivity index is 1.50. The number of hydrogen-bond acceptors (Lipinski definition) is 6. The lowest BCUT2D eigenvalue weighted by atomic mass is 10.2. The number of pyridine rings is 1. The zero-order valence-electron chi connectivity index (χ0n) is 15.4. The molecule has 1 aliphatic rings. The summed E-state index contributed by atoms with van der Waals surface area (Å²) in [4.78, 5) is 28.3. The molecular weight excluding hydrogens is 384 g/mol. The molecule has 148 valence electrons. The van der Waals surface area contributed by atoms with Gasteiger partial charge in [-0.3, -0.25) is 4.79 Å². The largest absolute Gasteiger partial charge is 0.491 e. The van der Waals surface area contributed by atoms with Crippen LogP contribution in [-0.2, 0) is 14.3 Å². The molecule has 1 aromatic heterocycles. The van der Waals surface area contributed by atoms with E-state index in [1.165, 1.54) is 13.1 Å². The monoisotopic (exact) mass is 404 g/mol. The van der Waals surface area contributed by atoms with E-state index in [2.05, 4.69) is 10.3 Å². The number of carbonyl (C=O) groups excluding carboxylic acids is 2. The molecule has 3 rings (SSSR count). The zero-order valence-corrected chi connectivity index (χ0v) is 16.1. The molecule has 8 heteroatoms. The van der Waals surface area contributed by atoms with Crippen LogP contribution in [0.2, 0.25) is 5.15 Å². The summed E-state index contributed by atoms with van der Waals surface area (Å²) in [6.45, 7) is 2.74. The number of halogens is 1. The van der Waals surface area contributed by atoms with Gasteiger partial charge in [-0.25, -0.2) is 9.78 Å². The molecule has 2 heterocycles. The van der Waals surface area contributed by atoms with Gasteiger partial charge in [0.25, 0.3) is 5.91 Å². The minimum Gasteiger partial charge on any atom is -0.491 e. The third-order valence-electron chi connectivity index (χ3n) is 4.22. The Kier molecular flexibility index (Phi) is 6.84. The Morgan fingerprint density at radius 3 is 2.79 bits per heavy atom. The summed E-state index contributed by atoms with van der Waals surface area (Å²) in [6.07, 6.45) is 2.68. The lowest BCUT2D eigenvalue weighted by molar-refractivity contribution is -0.123. The van der Waals surface area contributed by atoms with E-state index in [0.29, 0.717) is 23.6 Å². The van der Waals surface area contributed by atoms with E-state index >= 15 is 0 Å². The molecular formula is C20H21ClN2O5. The summed E-state index contributed by atoms with van der Waals surface area (Å²) in [5.41, 5.74) is 0.674. The number of nitrogens with one attached hydrogen (secondary N) is 1. The average molecular weight is 405 g/mol. The number of benzene rings is 1. The van der Waals surface area contributed by atoms with Gasteiger partial charge in [0.15, 0.2) is 11.3 Å². The Morgan fingerprint density at radius 1 is 1.32 bits per heavy atom. The number of nitrogens with zero attached hydrogens (tertiary/aromatic N) is 1. The molecule has 0 aliphatic carbocycles. The number of aromatic nitrogens is 1. The number of hydrogen-bond donors (Lipinski definition) is 1. The minimum absolute atomic E-state index is 0.123. The summed E-state index contributed by atoms with van der Waals surface area (Å²) in [5, 5.41) is 2.74. The van der Waals surface area contributed by atoms with Crippen molar-refractivity contribution in [3.8, 4) is 5.75 Å². The third-order valence-corrected chi connectivity index (χ3v) is 4.52. The lowest BCUT2D eigenvalue weighted by Gasteiger charge is -2.14. The van der Waals surface area contributed by atoms with Crippen molar-refractivity contribution < 1.29 is 23.8 Å². The molecule has 0 spiro atoms. The van der Waals surface area contributed by atoms with Crippen LogP contribution in [0.5, 0.6) is 5.75 Å². The molecule has 1 aromatic carbocycles. The smallest absolute Gasteiger partial charge is 0.338 e. The van der Waals surface area contributed by atoms with Gasteiger partial charge in [-0.1, -0.05) is 11.6 Å². The number of esters is 1. The fraction of sp³-hybridized carbons (Fsp3) is 0.350. The summed E-state index contributed by atoms with van der Waals surface area (Å²) in [7, 11) is 0. The van der Waals surface area contributed by atoms with Gasteiger partial charge in [-0.15, -0.1) is 0 Å². The zero-order chi connectivity index (χ0) is 19.9. The first-order valence-electron chi connectivity index (χ1n) is 9.00. The Bertz CT molecular complexity index is 822. The maximum Gasteiger partial charge on any atom is 0.338 e. The molecule has 2 atom stereocenters. The van der Waals surface area contributed by atoms with Crippen LogP contribution in [0.1, 0.15) is 30.1 Å². The van der Waals surface area contributed by atoms with Gasteiger partial charge in [0.1, 0.15) is 12.4 Å². The molecule has 28 heavy (non-hydrogen) atoms. The summed E-state index contributed by atoms with van der Waals surface area (Å²) in [5.74, 6) is -0.463. The van der Waals surface area contributed by atoms with E-state index in [1.54, 1.807) is 36.4 Å². The van der Waals surface area contributed by atoms with Crippen molar-refractivity contribution in [2.75, 3.05) is 18.5 Å². The molecule has 0 bridgehead atoms. The van der Waals surface area contributed by atoms with Crippen LogP contribution in [0.4, 0.5) is 5.69 Å². The predicted molar refractivity (Wildman–Crippen MR) is 104 cm³/mol. The van der Waals surface area contributed by atoms with Crippen molar-refractivity contribution in [1.29, 1.82) is 0 Å². The molecule has 0 saturated carbocycles. The van der Waals surface area contributed by atoms with E-state index in [4.69, 9.17) is 25.8 Å². The number of rotatable bonds is 7. The van der Waals surface area contributed by atoms with E-state index in [1.807, 2.05) is 0 Å². The van der Waals surface area contributed by atoms with E-state index in [-0.39, 0.29) is 11.3 Å². The molecule has 1 fully saturated rings. The van der Waals surface area contributed by atoms with Gasteiger partial charge in [0.2, 0.25) is 0 Å². The minimum atomic E-state index is -1.00. The first-order chi connectivity index (χ1) is 13.5. The molecule has 0 unspecified atom stereocenters. The lowest BCUT2D eigenvalue weighted by Crippen LogP contribution is -2.30. The number of amides is 1. The highest BCUT2D eigenvalue weighted by Crippen LogP contribution is 2.19. The topological polar surface area (TPSA) is 86.8 Å². The van der Waals surface area contributed by atoms with Crippen LogP contribution in [-0.4, -0.2) is 42.3 Å². The number of carbonyl (C=O) groups is 2. The van der Waals surface area contributed by atoms with Crippen LogP contribution in [0.25, 0.3) is 0 Å². The highest BCUT2D eigenvalue weighted by atomic mass is 35.5. The Morgan fingerprint density at radius 2 is 2.11 bits per heavy atom. The van der Waals surface area contributed by atoms with Gasteiger partial charge in [-0.05, 0) is 56.2 Å². The van der Waals surface area contributed by atoms with Crippen LogP contribution < -0.4 is 10.1 Å². The van der Waals surface area contributed by atoms with Crippen molar-refractivity contribution in [1.82, 2.24) is 4.98 Å². The van der Waals surface area contributed by atoms with E-state index < -0.39 is 18.0 Å². The van der Waals surface area contributed by atoms with Gasteiger partial charge in [0, 0.05) is 12.8 Å². The second-order valence-electron chi connectivity index (χ2n) is 6.35. The first kappa shape index (κ1) is 20.1. The standard InChI is InChI=1S/C20H21ClN2O5/c1-13(19(24)23-17-5-2-10-22-18(17)21)28-20(25)14-6-8-15(9-7-14)27-12-16-4-3-11-26-16/h2,5-10,13,16H,3-4,11-12H2,1H3,(H,23,24)/t13-,16+/m0/s1. The molecule has 1 N–H and O–H groups in total. The fourth-order valence-electron chi connectivity index (χ4n) is 2.65. The second kappa shape index (κ2) is 9.52. The van der Waals surface area contributed by atoms with Crippen molar-refractivity contribution in [3.63, 3.8) is 0 Å². The van der Waals surface area contributed by atoms with Gasteiger partial charge in [0.05, 0.1) is 17.4 Å². The van der Waals surface area contributed by atoms with Crippen molar-refractivity contribution in [2.45, 2.75) is 32.0 Å². The quantitative estimate of drug-likeness (QED) is 0.561. The van der Waals surface area contributed by atoms with E-state index in [9.17, 15) is 9.59 Å². The van der Waals surface area contributed by atoms with Crippen molar-refractivity contribution in [2.24, 2.45) is 0 Å². The van der Waals surface area contributed by atoms with Crippen LogP contribution in [0.15, 0.2) is 42.6 Å². The third kappa shape index (κ3) is 5.43. The molecule has 1 saturated heterocycles.